The smallest absolute Gasteiger partial charge is 0.323 e. The summed E-state index contributed by atoms with van der Waals surface area (Å²) in [6, 6.07) is 1.04. The summed E-state index contributed by atoms with van der Waals surface area (Å²) in [6.45, 7) is 7.39. The van der Waals surface area contributed by atoms with Crippen molar-refractivity contribution in [2.24, 2.45) is 5.84 Å². The number of hydrogen-bond donors (Lipinski definition) is 3. The number of rotatable bonds is 9. The van der Waals surface area contributed by atoms with Crippen LogP contribution in [0.25, 0.3) is 0 Å². The minimum atomic E-state index is 0.271. The minimum absolute atomic E-state index is 0.271. The van der Waals surface area contributed by atoms with E-state index in [0.29, 0.717) is 18.5 Å². The van der Waals surface area contributed by atoms with Gasteiger partial charge in [-0.3, -0.25) is 10.3 Å². The summed E-state index contributed by atoms with van der Waals surface area (Å²) in [6.07, 6.45) is 2.63. The Hall–Kier alpha value is -1.67. The molecule has 0 spiro atoms. The van der Waals surface area contributed by atoms with Gasteiger partial charge in [0.1, 0.15) is 0 Å². The number of nitrogen functional groups attached to an aromatic ring is 1. The fourth-order valence-corrected chi connectivity index (χ4v) is 2.04. The van der Waals surface area contributed by atoms with E-state index in [4.69, 9.17) is 10.6 Å². The molecule has 1 fully saturated rings. The Kier molecular flexibility index (Phi) is 5.31. The number of hydrogen-bond acceptors (Lipinski definition) is 8. The molecule has 4 N–H and O–H groups in total. The summed E-state index contributed by atoms with van der Waals surface area (Å²) >= 11 is 0. The lowest BCUT2D eigenvalue weighted by atomic mass is 10.4. The Morgan fingerprint density at radius 3 is 2.60 bits per heavy atom. The predicted molar refractivity (Wildman–Crippen MR) is 77.6 cm³/mol. The lowest BCUT2D eigenvalue weighted by Crippen LogP contribution is -2.31. The van der Waals surface area contributed by atoms with E-state index >= 15 is 0 Å². The van der Waals surface area contributed by atoms with Crippen molar-refractivity contribution < 1.29 is 4.74 Å². The summed E-state index contributed by atoms with van der Waals surface area (Å²) in [5.74, 6) is 6.10. The summed E-state index contributed by atoms with van der Waals surface area (Å²) in [7, 11) is 0. The van der Waals surface area contributed by atoms with E-state index in [9.17, 15) is 0 Å². The zero-order valence-corrected chi connectivity index (χ0v) is 12.1. The van der Waals surface area contributed by atoms with E-state index in [1.165, 1.54) is 12.8 Å². The number of aromatic nitrogens is 3. The third-order valence-corrected chi connectivity index (χ3v) is 3.17. The van der Waals surface area contributed by atoms with Crippen LogP contribution in [0.3, 0.4) is 0 Å². The van der Waals surface area contributed by atoms with E-state index in [2.05, 4.69) is 37.5 Å². The lowest BCUT2D eigenvalue weighted by molar-refractivity contribution is 0.288. The van der Waals surface area contributed by atoms with Gasteiger partial charge in [-0.2, -0.15) is 15.0 Å². The predicted octanol–water partition coefficient (Wildman–Crippen LogP) is 0.452. The van der Waals surface area contributed by atoms with Crippen LogP contribution in [0.1, 0.15) is 26.7 Å². The number of ether oxygens (including phenoxy) is 1. The summed E-state index contributed by atoms with van der Waals surface area (Å²) < 4.78 is 5.28. The Morgan fingerprint density at radius 1 is 1.25 bits per heavy atom. The van der Waals surface area contributed by atoms with Crippen molar-refractivity contribution in [1.29, 1.82) is 0 Å². The minimum Gasteiger partial charge on any atom is -0.464 e. The highest BCUT2D eigenvalue weighted by Gasteiger charge is 2.27. The highest BCUT2D eigenvalue weighted by Crippen LogP contribution is 2.25. The van der Waals surface area contributed by atoms with E-state index in [-0.39, 0.29) is 6.01 Å². The molecule has 0 atom stereocenters. The number of likely N-dealkylation sites (N-methyl/N-ethyl adjacent to an activating group) is 1. The van der Waals surface area contributed by atoms with E-state index in [1.807, 2.05) is 6.92 Å². The standard InChI is InChI=1S/C12H23N7O/c1-3-19(9-5-6-9)8-7-14-10-15-11(18-13)17-12(16-10)20-4-2/h9H,3-8,13H2,1-2H3,(H2,14,15,16,17,18). The molecule has 2 rings (SSSR count). The summed E-state index contributed by atoms with van der Waals surface area (Å²) in [4.78, 5) is 14.8. The van der Waals surface area contributed by atoms with Gasteiger partial charge in [-0.15, -0.1) is 0 Å². The van der Waals surface area contributed by atoms with Crippen LogP contribution in [-0.2, 0) is 0 Å². The first kappa shape index (κ1) is 14.7. The molecule has 1 aromatic rings. The van der Waals surface area contributed by atoms with Gasteiger partial charge in [-0.1, -0.05) is 6.92 Å². The van der Waals surface area contributed by atoms with Gasteiger partial charge in [-0.05, 0) is 26.3 Å². The Labute approximate surface area is 119 Å². The third-order valence-electron chi connectivity index (χ3n) is 3.17. The number of nitrogens with zero attached hydrogens (tertiary/aromatic N) is 4. The molecule has 0 bridgehead atoms. The van der Waals surface area contributed by atoms with Crippen molar-refractivity contribution in [3.05, 3.63) is 0 Å². The quantitative estimate of drug-likeness (QED) is 0.443. The number of hydrazine groups is 1. The molecule has 1 saturated carbocycles. The van der Waals surface area contributed by atoms with E-state index in [0.717, 1.165) is 25.7 Å². The van der Waals surface area contributed by atoms with Crippen LogP contribution in [0.2, 0.25) is 0 Å². The number of nitrogens with two attached hydrogens (primary N) is 1. The normalized spacial score (nSPS) is 14.4. The SMILES string of the molecule is CCOc1nc(NN)nc(NCCN(CC)C2CC2)n1. The average molecular weight is 281 g/mol. The van der Waals surface area contributed by atoms with Gasteiger partial charge in [0.15, 0.2) is 0 Å². The highest BCUT2D eigenvalue weighted by molar-refractivity contribution is 5.34. The molecule has 0 saturated heterocycles. The molecule has 0 aliphatic heterocycles. The van der Waals surface area contributed by atoms with Crippen molar-refractivity contribution in [1.82, 2.24) is 19.9 Å². The van der Waals surface area contributed by atoms with Crippen molar-refractivity contribution in [3.63, 3.8) is 0 Å². The summed E-state index contributed by atoms with van der Waals surface area (Å²) in [5, 5.41) is 3.19. The van der Waals surface area contributed by atoms with Gasteiger partial charge in [0, 0.05) is 19.1 Å². The Balaban J connectivity index is 1.88. The molecule has 0 unspecified atom stereocenters. The molecule has 0 amide bonds. The van der Waals surface area contributed by atoms with Crippen molar-refractivity contribution in [3.8, 4) is 6.01 Å². The molecular weight excluding hydrogens is 258 g/mol. The van der Waals surface area contributed by atoms with Crippen LogP contribution in [-0.4, -0.2) is 52.1 Å². The maximum absolute atomic E-state index is 5.34. The first-order valence-electron chi connectivity index (χ1n) is 7.10. The van der Waals surface area contributed by atoms with Crippen molar-refractivity contribution in [2.45, 2.75) is 32.7 Å². The van der Waals surface area contributed by atoms with Gasteiger partial charge in [-0.25, -0.2) is 5.84 Å². The monoisotopic (exact) mass is 281 g/mol. The Bertz CT molecular complexity index is 424. The maximum Gasteiger partial charge on any atom is 0.323 e. The second kappa shape index (κ2) is 7.20. The zero-order chi connectivity index (χ0) is 14.4. The fraction of sp³-hybridized carbons (Fsp3) is 0.750. The van der Waals surface area contributed by atoms with Gasteiger partial charge < -0.3 is 10.1 Å². The van der Waals surface area contributed by atoms with Gasteiger partial charge in [0.2, 0.25) is 11.9 Å². The van der Waals surface area contributed by atoms with Gasteiger partial charge in [0.05, 0.1) is 6.61 Å². The maximum atomic E-state index is 5.34. The average Bonchev–Trinajstić information content (AvgIpc) is 3.28. The zero-order valence-electron chi connectivity index (χ0n) is 12.1. The number of nitrogens with one attached hydrogen (secondary N) is 2. The molecule has 1 aliphatic rings. The largest absolute Gasteiger partial charge is 0.464 e. The van der Waals surface area contributed by atoms with Crippen LogP contribution >= 0.6 is 0 Å². The molecule has 112 valence electrons. The first-order chi connectivity index (χ1) is 9.76. The Morgan fingerprint density at radius 2 is 2.00 bits per heavy atom. The summed E-state index contributed by atoms with van der Waals surface area (Å²) in [5.41, 5.74) is 2.41. The molecule has 8 nitrogen and oxygen atoms in total. The van der Waals surface area contributed by atoms with Gasteiger partial charge >= 0.3 is 6.01 Å². The van der Waals surface area contributed by atoms with Crippen LogP contribution in [0.4, 0.5) is 11.9 Å². The molecular formula is C12H23N7O. The van der Waals surface area contributed by atoms with Crippen LogP contribution < -0.4 is 21.3 Å². The van der Waals surface area contributed by atoms with Crippen LogP contribution in [0.5, 0.6) is 6.01 Å². The second-order valence-electron chi connectivity index (χ2n) is 4.63. The van der Waals surface area contributed by atoms with Gasteiger partial charge in [0.25, 0.3) is 0 Å². The van der Waals surface area contributed by atoms with E-state index < -0.39 is 0 Å². The highest BCUT2D eigenvalue weighted by atomic mass is 16.5. The molecule has 20 heavy (non-hydrogen) atoms. The molecule has 0 radical (unpaired) electrons. The molecule has 0 aromatic carbocycles. The van der Waals surface area contributed by atoms with Crippen LogP contribution in [0.15, 0.2) is 0 Å². The fourth-order valence-electron chi connectivity index (χ4n) is 2.04. The molecule has 1 heterocycles. The number of anilines is 2. The molecule has 8 heteroatoms. The van der Waals surface area contributed by atoms with E-state index in [1.54, 1.807) is 0 Å². The van der Waals surface area contributed by atoms with Crippen LogP contribution in [0, 0.1) is 0 Å². The third kappa shape index (κ3) is 4.17. The molecule has 1 aliphatic carbocycles. The molecule has 1 aromatic heterocycles. The lowest BCUT2D eigenvalue weighted by Gasteiger charge is -2.19. The van der Waals surface area contributed by atoms with Crippen molar-refractivity contribution >= 4 is 11.9 Å². The topological polar surface area (TPSA) is 101 Å². The second-order valence-corrected chi connectivity index (χ2v) is 4.63. The van der Waals surface area contributed by atoms with Crippen molar-refractivity contribution in [2.75, 3.05) is 37.0 Å². The first-order valence-corrected chi connectivity index (χ1v) is 7.10.